The molecule has 2 aliphatic rings. The molecule has 1 aliphatic carbocycles. The van der Waals surface area contributed by atoms with Crippen molar-refractivity contribution in [2.75, 3.05) is 32.8 Å². The molecular weight excluding hydrogens is 428 g/mol. The lowest BCUT2D eigenvalue weighted by molar-refractivity contribution is -0.141. The number of nitrogens with one attached hydrogen (secondary N) is 1. The van der Waals surface area contributed by atoms with Gasteiger partial charge < -0.3 is 15.0 Å². The summed E-state index contributed by atoms with van der Waals surface area (Å²) in [4.78, 5) is 39.4. The van der Waals surface area contributed by atoms with Gasteiger partial charge in [0.25, 0.3) is 5.91 Å². The molecule has 2 aromatic rings. The van der Waals surface area contributed by atoms with Crippen molar-refractivity contribution >= 4 is 17.7 Å². The standard InChI is InChI=1S/C28H34N2O4/c1-2-34-26(31)19-29-28(33)24-10-11-25-23(18-24)9-8-22(27(25)32)14-17-30-15-12-21(13-16-30)20-6-4-3-5-7-20/h3-7,10-11,18,21-22H,2,8-9,12-17,19H2,1H3,(H,29,33). The van der Waals surface area contributed by atoms with E-state index in [4.69, 9.17) is 4.74 Å². The third-order valence-corrected chi connectivity index (χ3v) is 7.12. The Morgan fingerprint density at radius 1 is 1.06 bits per heavy atom. The molecule has 4 rings (SSSR count). The lowest BCUT2D eigenvalue weighted by atomic mass is 9.80. The van der Waals surface area contributed by atoms with E-state index >= 15 is 0 Å². The van der Waals surface area contributed by atoms with Gasteiger partial charge in [-0.25, -0.2) is 0 Å². The fourth-order valence-corrected chi connectivity index (χ4v) is 5.16. The summed E-state index contributed by atoms with van der Waals surface area (Å²) in [5.74, 6) is 0.0894. The fraction of sp³-hybridized carbons (Fsp3) is 0.464. The third kappa shape index (κ3) is 5.92. The first-order chi connectivity index (χ1) is 16.5. The highest BCUT2D eigenvalue weighted by molar-refractivity contribution is 6.02. The van der Waals surface area contributed by atoms with Crippen molar-refractivity contribution in [1.82, 2.24) is 10.2 Å². The molecule has 1 atom stereocenters. The van der Waals surface area contributed by atoms with Gasteiger partial charge in [-0.05, 0) is 87.8 Å². The Labute approximate surface area is 201 Å². The monoisotopic (exact) mass is 462 g/mol. The molecule has 1 unspecified atom stereocenters. The Hall–Kier alpha value is -2.99. The Morgan fingerprint density at radius 3 is 2.56 bits per heavy atom. The van der Waals surface area contributed by atoms with Crippen molar-refractivity contribution in [3.05, 3.63) is 70.8 Å². The Bertz CT molecular complexity index is 1010. The van der Waals surface area contributed by atoms with Crippen LogP contribution in [0.15, 0.2) is 48.5 Å². The van der Waals surface area contributed by atoms with Gasteiger partial charge >= 0.3 is 5.97 Å². The number of amides is 1. The average molecular weight is 463 g/mol. The molecular formula is C28H34N2O4. The van der Waals surface area contributed by atoms with Gasteiger partial charge in [-0.2, -0.15) is 0 Å². The van der Waals surface area contributed by atoms with Crippen molar-refractivity contribution in [2.24, 2.45) is 5.92 Å². The zero-order valence-corrected chi connectivity index (χ0v) is 19.9. The lowest BCUT2D eigenvalue weighted by Crippen LogP contribution is -2.36. The summed E-state index contributed by atoms with van der Waals surface area (Å²) in [5, 5.41) is 2.58. The van der Waals surface area contributed by atoms with E-state index in [1.807, 2.05) is 0 Å². The zero-order valence-electron chi connectivity index (χ0n) is 19.9. The van der Waals surface area contributed by atoms with Gasteiger partial charge in [0.1, 0.15) is 6.54 Å². The van der Waals surface area contributed by atoms with Crippen molar-refractivity contribution in [3.63, 3.8) is 0 Å². The molecule has 1 saturated heterocycles. The van der Waals surface area contributed by atoms with Crippen LogP contribution in [0.4, 0.5) is 0 Å². The van der Waals surface area contributed by atoms with E-state index < -0.39 is 5.97 Å². The second kappa shape index (κ2) is 11.4. The molecule has 180 valence electrons. The molecule has 0 bridgehead atoms. The van der Waals surface area contributed by atoms with Crippen LogP contribution in [0, 0.1) is 5.92 Å². The predicted molar refractivity (Wildman–Crippen MR) is 131 cm³/mol. The summed E-state index contributed by atoms with van der Waals surface area (Å²) in [6.45, 7) is 4.97. The first kappa shape index (κ1) is 24.1. The van der Waals surface area contributed by atoms with E-state index in [1.54, 1.807) is 25.1 Å². The number of piperidine rings is 1. The number of rotatable bonds is 8. The number of aryl methyl sites for hydroxylation is 1. The van der Waals surface area contributed by atoms with Gasteiger partial charge in [-0.15, -0.1) is 0 Å². The molecule has 34 heavy (non-hydrogen) atoms. The molecule has 0 saturated carbocycles. The van der Waals surface area contributed by atoms with Crippen LogP contribution >= 0.6 is 0 Å². The minimum absolute atomic E-state index is 0.0443. The maximum atomic E-state index is 13.1. The summed E-state index contributed by atoms with van der Waals surface area (Å²) in [6, 6.07) is 16.0. The summed E-state index contributed by atoms with van der Waals surface area (Å²) < 4.78 is 4.83. The number of ketones is 1. The second-order valence-electron chi connectivity index (χ2n) is 9.27. The molecule has 0 aromatic heterocycles. The highest BCUT2D eigenvalue weighted by Crippen LogP contribution is 2.31. The molecule has 1 amide bonds. The van der Waals surface area contributed by atoms with E-state index in [1.165, 1.54) is 18.4 Å². The summed E-state index contributed by atoms with van der Waals surface area (Å²) in [6.07, 6.45) is 4.84. The topological polar surface area (TPSA) is 75.7 Å². The van der Waals surface area contributed by atoms with Crippen molar-refractivity contribution in [1.29, 1.82) is 0 Å². The smallest absolute Gasteiger partial charge is 0.325 e. The quantitative estimate of drug-likeness (QED) is 0.601. The SMILES string of the molecule is CCOC(=O)CNC(=O)c1ccc2c(c1)CCC(CCN1CCC(c3ccccc3)CC1)C2=O. The lowest BCUT2D eigenvalue weighted by Gasteiger charge is -2.33. The number of ether oxygens (including phenoxy) is 1. The van der Waals surface area contributed by atoms with Crippen LogP contribution < -0.4 is 5.32 Å². The molecule has 1 heterocycles. The molecule has 0 spiro atoms. The molecule has 1 aliphatic heterocycles. The molecule has 1 N–H and O–H groups in total. The van der Waals surface area contributed by atoms with E-state index in [0.717, 1.165) is 50.0 Å². The predicted octanol–water partition coefficient (Wildman–Crippen LogP) is 3.99. The van der Waals surface area contributed by atoms with Gasteiger partial charge in [0.2, 0.25) is 0 Å². The number of carbonyl (C=O) groups excluding carboxylic acids is 3. The van der Waals surface area contributed by atoms with Crippen LogP contribution in [0.2, 0.25) is 0 Å². The van der Waals surface area contributed by atoms with Gasteiger partial charge in [-0.1, -0.05) is 36.4 Å². The Kier molecular flexibility index (Phi) is 8.12. The second-order valence-corrected chi connectivity index (χ2v) is 9.27. The summed E-state index contributed by atoms with van der Waals surface area (Å²) in [7, 11) is 0. The molecule has 0 radical (unpaired) electrons. The van der Waals surface area contributed by atoms with Crippen LogP contribution in [0.3, 0.4) is 0 Å². The largest absolute Gasteiger partial charge is 0.465 e. The zero-order chi connectivity index (χ0) is 23.9. The van der Waals surface area contributed by atoms with Gasteiger partial charge in [-0.3, -0.25) is 14.4 Å². The third-order valence-electron chi connectivity index (χ3n) is 7.12. The molecule has 1 fully saturated rings. The fourth-order valence-electron chi connectivity index (χ4n) is 5.16. The maximum Gasteiger partial charge on any atom is 0.325 e. The van der Waals surface area contributed by atoms with Crippen molar-refractivity contribution in [3.8, 4) is 0 Å². The number of Topliss-reactive ketones (excluding diaryl/α,β-unsaturated/α-hetero) is 1. The normalized spacial score (nSPS) is 18.9. The number of esters is 1. The van der Waals surface area contributed by atoms with E-state index in [9.17, 15) is 14.4 Å². The number of hydrogen-bond donors (Lipinski definition) is 1. The molecule has 6 nitrogen and oxygen atoms in total. The van der Waals surface area contributed by atoms with Crippen molar-refractivity contribution in [2.45, 2.75) is 44.9 Å². The van der Waals surface area contributed by atoms with Gasteiger partial charge in [0, 0.05) is 17.0 Å². The van der Waals surface area contributed by atoms with Gasteiger partial charge in [0.05, 0.1) is 6.61 Å². The number of likely N-dealkylation sites (tertiary alicyclic amines) is 1. The highest BCUT2D eigenvalue weighted by Gasteiger charge is 2.29. The Morgan fingerprint density at radius 2 is 1.82 bits per heavy atom. The van der Waals surface area contributed by atoms with Crippen LogP contribution in [0.5, 0.6) is 0 Å². The summed E-state index contributed by atoms with van der Waals surface area (Å²) in [5.41, 5.74) is 3.57. The van der Waals surface area contributed by atoms with Crippen molar-refractivity contribution < 1.29 is 19.1 Å². The Balaban J connectivity index is 1.27. The minimum atomic E-state index is -0.462. The molecule has 6 heteroatoms. The van der Waals surface area contributed by atoms with Crippen LogP contribution in [-0.2, 0) is 16.0 Å². The van der Waals surface area contributed by atoms with E-state index in [-0.39, 0.29) is 30.8 Å². The number of fused-ring (bicyclic) bond motifs is 1. The maximum absolute atomic E-state index is 13.1. The molecule has 2 aromatic carbocycles. The van der Waals surface area contributed by atoms with Crippen LogP contribution in [0.1, 0.15) is 70.4 Å². The van der Waals surface area contributed by atoms with Crippen LogP contribution in [-0.4, -0.2) is 55.3 Å². The first-order valence-corrected chi connectivity index (χ1v) is 12.4. The van der Waals surface area contributed by atoms with Crippen LogP contribution in [0.25, 0.3) is 0 Å². The number of nitrogens with zero attached hydrogens (tertiary/aromatic N) is 1. The van der Waals surface area contributed by atoms with E-state index in [2.05, 4.69) is 40.5 Å². The summed E-state index contributed by atoms with van der Waals surface area (Å²) >= 11 is 0. The highest BCUT2D eigenvalue weighted by atomic mass is 16.5. The van der Waals surface area contributed by atoms with E-state index in [0.29, 0.717) is 11.5 Å². The number of hydrogen-bond acceptors (Lipinski definition) is 5. The minimum Gasteiger partial charge on any atom is -0.465 e. The first-order valence-electron chi connectivity index (χ1n) is 12.4. The van der Waals surface area contributed by atoms with Gasteiger partial charge in [0.15, 0.2) is 5.78 Å². The average Bonchev–Trinajstić information content (AvgIpc) is 2.88. The number of benzene rings is 2. The number of carbonyl (C=O) groups is 3.